The number of rotatable bonds is 0. The third kappa shape index (κ3) is 10.8. The second-order valence-electron chi connectivity index (χ2n) is 3.22. The smallest absolute Gasteiger partial charge is 0.414 e. The van der Waals surface area contributed by atoms with Gasteiger partial charge in [0.1, 0.15) is 0 Å². The number of carbonyl (C=O) groups is 2. The van der Waals surface area contributed by atoms with E-state index < -0.39 is 11.9 Å². The summed E-state index contributed by atoms with van der Waals surface area (Å²) in [6, 6.07) is 0.562. The molecule has 0 aliphatic heterocycles. The van der Waals surface area contributed by atoms with E-state index in [9.17, 15) is 0 Å². The van der Waals surface area contributed by atoms with E-state index in [0.717, 1.165) is 12.8 Å². The number of carboxylic acids is 2. The van der Waals surface area contributed by atoms with Gasteiger partial charge in [-0.15, -0.1) is 0 Å². The summed E-state index contributed by atoms with van der Waals surface area (Å²) in [5, 5.41) is 14.8. The predicted octanol–water partition coefficient (Wildman–Crippen LogP) is -0.634. The van der Waals surface area contributed by atoms with Gasteiger partial charge in [0, 0.05) is 55.5 Å². The van der Waals surface area contributed by atoms with Crippen molar-refractivity contribution in [2.45, 2.75) is 37.8 Å². The number of carboxylic acid groups (broad SMARTS) is 2. The first-order valence-corrected chi connectivity index (χ1v) is 4.42. The Labute approximate surface area is 124 Å². The zero-order valence-electron chi connectivity index (χ0n) is 8.47. The number of nitrogens with two attached hydrogens (primary N) is 2. The van der Waals surface area contributed by atoms with E-state index in [0.29, 0.717) is 0 Å². The molecule has 0 aromatic heterocycles. The zero-order valence-corrected chi connectivity index (χ0v) is 12.2. The van der Waals surface area contributed by atoms with Gasteiger partial charge in [0.2, 0.25) is 0 Å². The summed E-state index contributed by atoms with van der Waals surface area (Å²) in [6.07, 6.45) is 4.80. The van der Waals surface area contributed by atoms with Crippen LogP contribution in [-0.2, 0) is 53.0 Å². The second-order valence-corrected chi connectivity index (χ2v) is 3.22. The van der Waals surface area contributed by atoms with E-state index in [2.05, 4.69) is 0 Å². The van der Waals surface area contributed by atoms with Crippen LogP contribution in [0.15, 0.2) is 0 Å². The van der Waals surface area contributed by atoms with Crippen molar-refractivity contribution in [2.24, 2.45) is 11.5 Å². The van der Waals surface area contributed by atoms with Crippen LogP contribution in [0.4, 0.5) is 0 Å². The molecule has 0 spiro atoms. The molecule has 6 nitrogen and oxygen atoms in total. The molecular formula is C8H16AgN2O4Pt. The Bertz CT molecular complexity index is 196. The minimum atomic E-state index is -1.82. The Morgan fingerprint density at radius 2 is 1.19 bits per heavy atom. The molecule has 0 saturated heterocycles. The van der Waals surface area contributed by atoms with E-state index in [1.165, 1.54) is 12.8 Å². The summed E-state index contributed by atoms with van der Waals surface area (Å²) in [4.78, 5) is 18.2. The third-order valence-corrected chi connectivity index (χ3v) is 2.06. The van der Waals surface area contributed by atoms with Gasteiger partial charge in [0.25, 0.3) is 0 Å². The minimum Gasteiger partial charge on any atom is -0.473 e. The van der Waals surface area contributed by atoms with E-state index >= 15 is 0 Å². The predicted molar refractivity (Wildman–Crippen MR) is 49.7 cm³/mol. The third-order valence-electron chi connectivity index (χ3n) is 2.06. The molecule has 1 radical (unpaired) electrons. The summed E-state index contributed by atoms with van der Waals surface area (Å²) < 4.78 is 0. The first-order valence-electron chi connectivity index (χ1n) is 4.42. The van der Waals surface area contributed by atoms with Crippen molar-refractivity contribution >= 4 is 11.9 Å². The quantitative estimate of drug-likeness (QED) is 0.256. The summed E-state index contributed by atoms with van der Waals surface area (Å²) in [7, 11) is 0. The fourth-order valence-electron chi connectivity index (χ4n) is 1.19. The molecule has 0 aromatic carbocycles. The molecule has 1 aliphatic carbocycles. The van der Waals surface area contributed by atoms with Gasteiger partial charge in [-0.3, -0.25) is 0 Å². The van der Waals surface area contributed by atoms with Crippen molar-refractivity contribution in [1.29, 1.82) is 0 Å². The van der Waals surface area contributed by atoms with E-state index in [1.807, 2.05) is 0 Å². The molecular weight excluding hydrogens is 491 g/mol. The monoisotopic (exact) mass is 506 g/mol. The Morgan fingerprint density at radius 1 is 0.938 bits per heavy atom. The van der Waals surface area contributed by atoms with Crippen LogP contribution in [0, 0.1) is 0 Å². The summed E-state index contributed by atoms with van der Waals surface area (Å²) in [5.41, 5.74) is 11.3. The van der Waals surface area contributed by atoms with Crippen molar-refractivity contribution in [1.82, 2.24) is 0 Å². The standard InChI is InChI=1S/C6H14N2.C2H2O4.Ag.Pt/c7-5-3-1-2-4-6(5)8;3-1(4)2(5)6;;/h5-6H,1-4,7-8H2;(H,3,4)(H,5,6);;/t5-,6-;;;/m1.../s1. The average molecular weight is 507 g/mol. The van der Waals surface area contributed by atoms with Crippen LogP contribution < -0.4 is 11.5 Å². The number of aliphatic carboxylic acids is 2. The Morgan fingerprint density at radius 3 is 1.31 bits per heavy atom. The largest absolute Gasteiger partial charge is 0.473 e. The van der Waals surface area contributed by atoms with Gasteiger partial charge in [0.15, 0.2) is 0 Å². The summed E-state index contributed by atoms with van der Waals surface area (Å²) >= 11 is 0. The fourth-order valence-corrected chi connectivity index (χ4v) is 1.19. The molecule has 0 amide bonds. The molecule has 0 unspecified atom stereocenters. The second kappa shape index (κ2) is 11.8. The molecule has 0 aromatic rings. The molecule has 8 heteroatoms. The number of hydrogen-bond acceptors (Lipinski definition) is 4. The molecule has 1 saturated carbocycles. The van der Waals surface area contributed by atoms with Gasteiger partial charge in [0.05, 0.1) is 0 Å². The Kier molecular flexibility index (Phi) is 15.9. The number of hydrogen-bond donors (Lipinski definition) is 4. The average Bonchev–Trinajstić information content (AvgIpc) is 2.11. The van der Waals surface area contributed by atoms with Gasteiger partial charge >= 0.3 is 11.9 Å². The maximum absolute atomic E-state index is 9.10. The normalized spacial score (nSPS) is 22.6. The van der Waals surface area contributed by atoms with Crippen molar-refractivity contribution in [3.8, 4) is 0 Å². The van der Waals surface area contributed by atoms with Crippen LogP contribution >= 0.6 is 0 Å². The molecule has 1 fully saturated rings. The van der Waals surface area contributed by atoms with Crippen LogP contribution in [0.1, 0.15) is 25.7 Å². The SMILES string of the molecule is N[C@@H]1CCCC[C@H]1N.O=C(O)C(=O)O.[Ag].[Pt]. The fraction of sp³-hybridized carbons (Fsp3) is 0.750. The molecule has 6 N–H and O–H groups in total. The Hall–Kier alpha value is 0.289. The van der Waals surface area contributed by atoms with E-state index in [1.54, 1.807) is 0 Å². The zero-order chi connectivity index (χ0) is 11.1. The molecule has 103 valence electrons. The molecule has 1 rings (SSSR count). The van der Waals surface area contributed by atoms with Crippen LogP contribution in [0.3, 0.4) is 0 Å². The maximum atomic E-state index is 9.10. The topological polar surface area (TPSA) is 127 Å². The van der Waals surface area contributed by atoms with Crippen molar-refractivity contribution in [3.63, 3.8) is 0 Å². The van der Waals surface area contributed by atoms with Crippen LogP contribution in [0.5, 0.6) is 0 Å². The van der Waals surface area contributed by atoms with Crippen LogP contribution in [-0.4, -0.2) is 34.2 Å². The maximum Gasteiger partial charge on any atom is 0.414 e. The van der Waals surface area contributed by atoms with E-state index in [4.69, 9.17) is 31.3 Å². The molecule has 2 atom stereocenters. The van der Waals surface area contributed by atoms with Gasteiger partial charge in [-0.25, -0.2) is 9.59 Å². The van der Waals surface area contributed by atoms with Gasteiger partial charge in [-0.1, -0.05) is 12.8 Å². The van der Waals surface area contributed by atoms with Crippen LogP contribution in [0.25, 0.3) is 0 Å². The Balaban J connectivity index is -0.000000195. The molecule has 16 heavy (non-hydrogen) atoms. The first kappa shape index (κ1) is 21.6. The first-order chi connectivity index (χ1) is 6.45. The van der Waals surface area contributed by atoms with Gasteiger partial charge in [-0.2, -0.15) is 0 Å². The minimum absolute atomic E-state index is 0. The van der Waals surface area contributed by atoms with Crippen LogP contribution in [0.2, 0.25) is 0 Å². The van der Waals surface area contributed by atoms with Gasteiger partial charge in [-0.05, 0) is 12.8 Å². The summed E-state index contributed by atoms with van der Waals surface area (Å²) in [6.45, 7) is 0. The molecule has 1 aliphatic rings. The molecule has 0 bridgehead atoms. The van der Waals surface area contributed by atoms with Crippen molar-refractivity contribution < 1.29 is 63.2 Å². The summed E-state index contributed by atoms with van der Waals surface area (Å²) in [5.74, 6) is -3.65. The van der Waals surface area contributed by atoms with E-state index in [-0.39, 0.29) is 55.5 Å². The van der Waals surface area contributed by atoms with Crippen molar-refractivity contribution in [2.75, 3.05) is 0 Å². The molecule has 0 heterocycles. The van der Waals surface area contributed by atoms with Crippen molar-refractivity contribution in [3.05, 3.63) is 0 Å². The van der Waals surface area contributed by atoms with Gasteiger partial charge < -0.3 is 21.7 Å².